The Labute approximate surface area is 183 Å². The molecular formula is C24H31N3O4. The molecule has 7 heteroatoms. The van der Waals surface area contributed by atoms with Gasteiger partial charge >= 0.3 is 0 Å². The summed E-state index contributed by atoms with van der Waals surface area (Å²) < 4.78 is 11.7. The van der Waals surface area contributed by atoms with Gasteiger partial charge in [0.15, 0.2) is 0 Å². The van der Waals surface area contributed by atoms with Crippen LogP contribution >= 0.6 is 0 Å². The van der Waals surface area contributed by atoms with E-state index in [4.69, 9.17) is 9.47 Å². The van der Waals surface area contributed by atoms with E-state index in [2.05, 4.69) is 22.0 Å². The third-order valence-corrected chi connectivity index (χ3v) is 5.81. The molecule has 2 aliphatic heterocycles. The molecule has 1 saturated heterocycles. The number of ether oxygens (including phenoxy) is 2. The number of hydrogen-bond acceptors (Lipinski definition) is 6. The third kappa shape index (κ3) is 5.22. The Morgan fingerprint density at radius 1 is 1.19 bits per heavy atom. The summed E-state index contributed by atoms with van der Waals surface area (Å²) in [4.78, 5) is 17.0. The Morgan fingerprint density at radius 2 is 1.94 bits per heavy atom. The fourth-order valence-electron chi connectivity index (χ4n) is 4.19. The van der Waals surface area contributed by atoms with E-state index in [1.807, 2.05) is 31.2 Å². The first-order valence-electron chi connectivity index (χ1n) is 11.0. The highest BCUT2D eigenvalue weighted by molar-refractivity contribution is 5.78. The van der Waals surface area contributed by atoms with Gasteiger partial charge in [-0.15, -0.1) is 0 Å². The first-order chi connectivity index (χ1) is 15.0. The van der Waals surface area contributed by atoms with E-state index in [1.54, 1.807) is 12.1 Å². The monoisotopic (exact) mass is 425 g/mol. The van der Waals surface area contributed by atoms with Crippen molar-refractivity contribution in [3.8, 4) is 17.2 Å². The Bertz CT molecular complexity index is 908. The largest absolute Gasteiger partial charge is 0.508 e. The van der Waals surface area contributed by atoms with Gasteiger partial charge in [0.05, 0.1) is 13.2 Å². The number of hydrogen-bond donors (Lipinski definition) is 2. The van der Waals surface area contributed by atoms with Crippen molar-refractivity contribution in [3.63, 3.8) is 0 Å². The zero-order chi connectivity index (χ0) is 21.8. The predicted octanol–water partition coefficient (Wildman–Crippen LogP) is 2.55. The molecule has 1 fully saturated rings. The fraction of sp³-hybridized carbons (Fsp3) is 0.458. The summed E-state index contributed by atoms with van der Waals surface area (Å²) in [6.45, 7) is 8.77. The van der Waals surface area contributed by atoms with E-state index in [0.717, 1.165) is 60.9 Å². The van der Waals surface area contributed by atoms with Crippen molar-refractivity contribution in [1.29, 1.82) is 0 Å². The van der Waals surface area contributed by atoms with Crippen molar-refractivity contribution in [2.24, 2.45) is 0 Å². The molecular weight excluding hydrogens is 394 g/mol. The van der Waals surface area contributed by atoms with Crippen LogP contribution in [0.1, 0.15) is 25.0 Å². The summed E-state index contributed by atoms with van der Waals surface area (Å²) in [6.07, 6.45) is 1.06. The van der Waals surface area contributed by atoms with Crippen LogP contribution in [0.4, 0.5) is 5.69 Å². The highest BCUT2D eigenvalue weighted by Gasteiger charge is 2.23. The molecule has 2 aromatic rings. The van der Waals surface area contributed by atoms with Crippen molar-refractivity contribution in [3.05, 3.63) is 47.5 Å². The molecule has 1 atom stereocenters. The Balaban J connectivity index is 1.28. The second-order valence-corrected chi connectivity index (χ2v) is 8.19. The Kier molecular flexibility index (Phi) is 6.51. The quantitative estimate of drug-likeness (QED) is 0.710. The predicted molar refractivity (Wildman–Crippen MR) is 120 cm³/mol. The number of aromatic hydroxyl groups is 1. The van der Waals surface area contributed by atoms with Crippen molar-refractivity contribution >= 4 is 11.6 Å². The first kappa shape index (κ1) is 21.3. The van der Waals surface area contributed by atoms with Crippen molar-refractivity contribution in [2.45, 2.75) is 32.9 Å². The van der Waals surface area contributed by atoms with E-state index in [1.165, 1.54) is 0 Å². The molecule has 0 spiro atoms. The van der Waals surface area contributed by atoms with Gasteiger partial charge in [-0.3, -0.25) is 9.69 Å². The lowest BCUT2D eigenvalue weighted by atomic mass is 10.1. The molecule has 2 heterocycles. The number of phenols is 1. The average Bonchev–Trinajstić information content (AvgIpc) is 3.12. The van der Waals surface area contributed by atoms with Crippen LogP contribution in [-0.4, -0.2) is 61.3 Å². The van der Waals surface area contributed by atoms with E-state index in [-0.39, 0.29) is 17.8 Å². The van der Waals surface area contributed by atoms with Crippen LogP contribution in [0.25, 0.3) is 0 Å². The van der Waals surface area contributed by atoms with Crippen LogP contribution in [0, 0.1) is 0 Å². The SMILES string of the molecule is CCOc1cc2c(cc1CNC(=O)CN1CCN(c3ccc(O)cc3)CC1)O[C@H](C)C2. The minimum atomic E-state index is 0.00955. The van der Waals surface area contributed by atoms with E-state index < -0.39 is 0 Å². The normalized spacial score (nSPS) is 18.4. The summed E-state index contributed by atoms with van der Waals surface area (Å²) >= 11 is 0. The molecule has 0 bridgehead atoms. The summed E-state index contributed by atoms with van der Waals surface area (Å²) in [5.74, 6) is 2.00. The van der Waals surface area contributed by atoms with Crippen LogP contribution in [0.15, 0.2) is 36.4 Å². The van der Waals surface area contributed by atoms with Crippen LogP contribution in [0.3, 0.4) is 0 Å². The van der Waals surface area contributed by atoms with Crippen molar-refractivity contribution in [2.75, 3.05) is 44.2 Å². The molecule has 0 saturated carbocycles. The second kappa shape index (κ2) is 9.47. The minimum absolute atomic E-state index is 0.00955. The molecule has 31 heavy (non-hydrogen) atoms. The van der Waals surface area contributed by atoms with Crippen molar-refractivity contribution < 1.29 is 19.4 Å². The van der Waals surface area contributed by atoms with Crippen molar-refractivity contribution in [1.82, 2.24) is 10.2 Å². The number of carbonyl (C=O) groups excluding carboxylic acids is 1. The maximum absolute atomic E-state index is 12.6. The summed E-state index contributed by atoms with van der Waals surface area (Å²) in [7, 11) is 0. The molecule has 0 aliphatic carbocycles. The van der Waals surface area contributed by atoms with Crippen LogP contribution in [0.5, 0.6) is 17.2 Å². The van der Waals surface area contributed by atoms with Gasteiger partial charge in [-0.25, -0.2) is 0 Å². The molecule has 2 aliphatic rings. The van der Waals surface area contributed by atoms with Gasteiger partial charge in [0.2, 0.25) is 5.91 Å². The summed E-state index contributed by atoms with van der Waals surface area (Å²) in [5, 5.41) is 12.5. The van der Waals surface area contributed by atoms with E-state index >= 15 is 0 Å². The van der Waals surface area contributed by atoms with Crippen LogP contribution < -0.4 is 19.7 Å². The van der Waals surface area contributed by atoms with Gasteiger partial charge in [0, 0.05) is 56.0 Å². The molecule has 4 rings (SSSR count). The molecule has 0 radical (unpaired) electrons. The van der Waals surface area contributed by atoms with E-state index in [9.17, 15) is 9.90 Å². The number of anilines is 1. The lowest BCUT2D eigenvalue weighted by molar-refractivity contribution is -0.122. The van der Waals surface area contributed by atoms with Gasteiger partial charge in [0.25, 0.3) is 0 Å². The number of nitrogens with one attached hydrogen (secondary N) is 1. The molecule has 1 amide bonds. The van der Waals surface area contributed by atoms with E-state index in [0.29, 0.717) is 19.7 Å². The van der Waals surface area contributed by atoms with Gasteiger partial charge in [-0.05, 0) is 50.2 Å². The topological polar surface area (TPSA) is 74.3 Å². The maximum Gasteiger partial charge on any atom is 0.234 e. The zero-order valence-corrected chi connectivity index (χ0v) is 18.3. The maximum atomic E-state index is 12.6. The fourth-order valence-corrected chi connectivity index (χ4v) is 4.19. The molecule has 0 unspecified atom stereocenters. The summed E-state index contributed by atoms with van der Waals surface area (Å²) in [5.41, 5.74) is 3.20. The molecule has 2 aromatic carbocycles. The van der Waals surface area contributed by atoms with Crippen LogP contribution in [-0.2, 0) is 17.8 Å². The smallest absolute Gasteiger partial charge is 0.234 e. The molecule has 166 valence electrons. The molecule has 0 aromatic heterocycles. The molecule has 2 N–H and O–H groups in total. The minimum Gasteiger partial charge on any atom is -0.508 e. The Hall–Kier alpha value is -2.93. The third-order valence-electron chi connectivity index (χ3n) is 5.81. The number of fused-ring (bicyclic) bond motifs is 1. The highest BCUT2D eigenvalue weighted by Crippen LogP contribution is 2.35. The van der Waals surface area contributed by atoms with Gasteiger partial charge < -0.3 is 24.8 Å². The van der Waals surface area contributed by atoms with Gasteiger partial charge in [-0.1, -0.05) is 0 Å². The number of nitrogens with zero attached hydrogens (tertiary/aromatic N) is 2. The zero-order valence-electron chi connectivity index (χ0n) is 18.3. The lowest BCUT2D eigenvalue weighted by Crippen LogP contribution is -2.49. The van der Waals surface area contributed by atoms with Gasteiger partial charge in [-0.2, -0.15) is 0 Å². The van der Waals surface area contributed by atoms with Crippen LogP contribution in [0.2, 0.25) is 0 Å². The lowest BCUT2D eigenvalue weighted by Gasteiger charge is -2.35. The standard InChI is InChI=1S/C24H31N3O4/c1-3-30-22-13-18-12-17(2)31-23(18)14-19(22)15-25-24(29)16-26-8-10-27(11-9-26)20-4-6-21(28)7-5-20/h4-7,13-14,17,28H,3,8-12,15-16H2,1-2H3,(H,25,29)/t17-/m1/s1. The second-order valence-electron chi connectivity index (χ2n) is 8.19. The first-order valence-corrected chi connectivity index (χ1v) is 11.0. The highest BCUT2D eigenvalue weighted by atomic mass is 16.5. The number of phenolic OH excluding ortho intramolecular Hbond substituents is 1. The Morgan fingerprint density at radius 3 is 2.65 bits per heavy atom. The number of piperazine rings is 1. The molecule has 7 nitrogen and oxygen atoms in total. The number of benzene rings is 2. The number of carbonyl (C=O) groups is 1. The summed E-state index contributed by atoms with van der Waals surface area (Å²) in [6, 6.07) is 11.3. The van der Waals surface area contributed by atoms with Gasteiger partial charge in [0.1, 0.15) is 23.4 Å². The number of amides is 1. The number of rotatable bonds is 7. The average molecular weight is 426 g/mol.